The Hall–Kier alpha value is -2.46. The highest BCUT2D eigenvalue weighted by atomic mass is 31.2. The summed E-state index contributed by atoms with van der Waals surface area (Å²) >= 11 is 0. The zero-order valence-corrected chi connectivity index (χ0v) is 66.9. The zero-order valence-electron chi connectivity index (χ0n) is 65.2. The third-order valence-corrected chi connectivity index (χ3v) is 20.9. The first-order valence-electron chi connectivity index (χ1n) is 41.2. The van der Waals surface area contributed by atoms with Gasteiger partial charge < -0.3 is 33.8 Å². The molecule has 0 spiro atoms. The second-order valence-corrected chi connectivity index (χ2v) is 32.3. The standard InChI is InChI=1S/C81H154O17P2/c1-8-11-12-13-14-15-16-17-18-26-31-36-41-50-57-64-80(85)97-76(68-91-78(83)62-55-48-40-35-30-25-22-20-24-29-34-39-46-53-60-73(6)9-2)70-95-99(87,88)93-66-75(82)67-94-100(89,90)96-71-77(69-92-79(84)63-56-49-44-43-47-54-61-74(7)10-3)98-81(86)65-58-51-42-37-32-27-21-19-23-28-33-38-45-52-59-72(4)5/h15-18,72-77,82H,8-14,19-71H2,1-7H3,(H,87,88)(H,89,90)/b16-15-,18-17-/t73?,74?,75-,76-,77-/m1/s1. The monoisotopic (exact) mass is 1460 g/mol. The molecule has 3 N–H and O–H groups in total. The van der Waals surface area contributed by atoms with E-state index in [4.69, 9.17) is 37.0 Å². The van der Waals surface area contributed by atoms with Crippen LogP contribution in [0.15, 0.2) is 24.3 Å². The number of unbranched alkanes of at least 4 members (excludes halogenated alkanes) is 40. The van der Waals surface area contributed by atoms with Gasteiger partial charge in [-0.2, -0.15) is 0 Å². The van der Waals surface area contributed by atoms with Gasteiger partial charge in [0.15, 0.2) is 12.2 Å². The summed E-state index contributed by atoms with van der Waals surface area (Å²) in [6.45, 7) is 11.9. The van der Waals surface area contributed by atoms with Gasteiger partial charge in [0.05, 0.1) is 26.4 Å². The van der Waals surface area contributed by atoms with Crippen molar-refractivity contribution in [2.24, 2.45) is 17.8 Å². The van der Waals surface area contributed by atoms with Gasteiger partial charge in [0.2, 0.25) is 0 Å². The quantitative estimate of drug-likeness (QED) is 0.0169. The fourth-order valence-corrected chi connectivity index (χ4v) is 13.5. The molecule has 590 valence electrons. The average molecular weight is 1460 g/mol. The van der Waals surface area contributed by atoms with E-state index in [1.54, 1.807) is 0 Å². The fraction of sp³-hybridized carbons (Fsp3) is 0.901. The van der Waals surface area contributed by atoms with Crippen LogP contribution in [0.1, 0.15) is 395 Å². The van der Waals surface area contributed by atoms with E-state index in [-0.39, 0.29) is 25.7 Å². The van der Waals surface area contributed by atoms with Crippen molar-refractivity contribution in [3.63, 3.8) is 0 Å². The first-order chi connectivity index (χ1) is 48.3. The van der Waals surface area contributed by atoms with Crippen LogP contribution in [0.25, 0.3) is 0 Å². The maximum Gasteiger partial charge on any atom is 0.472 e. The Balaban J connectivity index is 5.27. The van der Waals surface area contributed by atoms with E-state index < -0.39 is 97.5 Å². The molecule has 0 radical (unpaired) electrons. The Morgan fingerprint density at radius 1 is 0.330 bits per heavy atom. The topological polar surface area (TPSA) is 237 Å². The molecule has 0 aliphatic rings. The molecule has 0 bridgehead atoms. The lowest BCUT2D eigenvalue weighted by Gasteiger charge is -2.21. The van der Waals surface area contributed by atoms with Crippen molar-refractivity contribution in [1.29, 1.82) is 0 Å². The minimum atomic E-state index is -4.97. The first kappa shape index (κ1) is 97.5. The normalized spacial score (nSPS) is 14.7. The number of hydrogen-bond acceptors (Lipinski definition) is 15. The highest BCUT2D eigenvalue weighted by Gasteiger charge is 2.30. The summed E-state index contributed by atoms with van der Waals surface area (Å²) < 4.78 is 68.7. The van der Waals surface area contributed by atoms with Crippen molar-refractivity contribution in [2.75, 3.05) is 39.6 Å². The molecule has 7 atom stereocenters. The second kappa shape index (κ2) is 70.8. The molecule has 0 fully saturated rings. The van der Waals surface area contributed by atoms with Gasteiger partial charge in [0.25, 0.3) is 0 Å². The minimum absolute atomic E-state index is 0.0850. The smallest absolute Gasteiger partial charge is 0.462 e. The number of aliphatic hydroxyl groups excluding tert-OH is 1. The van der Waals surface area contributed by atoms with Crippen molar-refractivity contribution in [3.05, 3.63) is 24.3 Å². The number of carbonyl (C=O) groups is 4. The lowest BCUT2D eigenvalue weighted by Crippen LogP contribution is -2.30. The summed E-state index contributed by atoms with van der Waals surface area (Å²) in [6.07, 6.45) is 61.8. The van der Waals surface area contributed by atoms with Gasteiger partial charge >= 0.3 is 39.5 Å². The number of phosphoric acid groups is 2. The first-order valence-corrected chi connectivity index (χ1v) is 44.2. The molecule has 19 heteroatoms. The molecule has 0 saturated carbocycles. The van der Waals surface area contributed by atoms with Crippen molar-refractivity contribution >= 4 is 39.5 Å². The molecule has 0 aromatic heterocycles. The van der Waals surface area contributed by atoms with Gasteiger partial charge in [-0.05, 0) is 69.1 Å². The van der Waals surface area contributed by atoms with Crippen molar-refractivity contribution in [3.8, 4) is 0 Å². The molecule has 100 heavy (non-hydrogen) atoms. The molecular weight excluding hydrogens is 1310 g/mol. The highest BCUT2D eigenvalue weighted by Crippen LogP contribution is 2.45. The van der Waals surface area contributed by atoms with E-state index in [1.165, 1.54) is 186 Å². The van der Waals surface area contributed by atoms with Gasteiger partial charge in [-0.1, -0.05) is 342 Å². The zero-order chi connectivity index (χ0) is 73.7. The maximum absolute atomic E-state index is 13.1. The third kappa shape index (κ3) is 71.2. The summed E-state index contributed by atoms with van der Waals surface area (Å²) in [6, 6.07) is 0. The van der Waals surface area contributed by atoms with Gasteiger partial charge in [-0.25, -0.2) is 9.13 Å². The number of hydrogen-bond donors (Lipinski definition) is 3. The molecule has 0 aromatic rings. The van der Waals surface area contributed by atoms with E-state index >= 15 is 0 Å². The number of rotatable bonds is 77. The van der Waals surface area contributed by atoms with E-state index in [0.29, 0.717) is 25.7 Å². The van der Waals surface area contributed by atoms with E-state index in [0.717, 1.165) is 127 Å². The molecule has 0 aliphatic heterocycles. The largest absolute Gasteiger partial charge is 0.472 e. The highest BCUT2D eigenvalue weighted by molar-refractivity contribution is 7.47. The van der Waals surface area contributed by atoms with Crippen LogP contribution in [-0.2, 0) is 65.4 Å². The molecule has 0 amide bonds. The van der Waals surface area contributed by atoms with Crippen LogP contribution in [0.4, 0.5) is 0 Å². The molecule has 0 rings (SSSR count). The van der Waals surface area contributed by atoms with Crippen LogP contribution in [-0.4, -0.2) is 96.7 Å². The number of esters is 4. The molecule has 17 nitrogen and oxygen atoms in total. The second-order valence-electron chi connectivity index (χ2n) is 29.4. The predicted molar refractivity (Wildman–Crippen MR) is 409 cm³/mol. The Bertz CT molecular complexity index is 2040. The number of phosphoric ester groups is 2. The van der Waals surface area contributed by atoms with Crippen molar-refractivity contribution < 1.29 is 80.2 Å². The lowest BCUT2D eigenvalue weighted by atomic mass is 9.99. The summed E-state index contributed by atoms with van der Waals surface area (Å²) in [5, 5.41) is 10.6. The molecular formula is C81H154O17P2. The molecule has 0 heterocycles. The molecule has 0 aromatic carbocycles. The number of ether oxygens (including phenoxy) is 4. The SMILES string of the molecule is CCCCCC/C=C\C=C/CCCCCCCC(=O)O[C@H](COC(=O)CCCCCCCCCCCCCCCCC(C)CC)COP(=O)(O)OC[C@@H](O)COP(=O)(O)OC[C@@H](COC(=O)CCCCCCCCC(C)CC)OC(=O)CCCCCCCCCCCCCCCCC(C)C. The van der Waals surface area contributed by atoms with Crippen LogP contribution < -0.4 is 0 Å². The Morgan fingerprint density at radius 2 is 0.590 bits per heavy atom. The van der Waals surface area contributed by atoms with E-state index in [9.17, 15) is 43.2 Å². The van der Waals surface area contributed by atoms with Crippen LogP contribution >= 0.6 is 15.6 Å². The maximum atomic E-state index is 13.1. The minimum Gasteiger partial charge on any atom is -0.462 e. The number of carbonyl (C=O) groups excluding carboxylic acids is 4. The summed E-state index contributed by atoms with van der Waals surface area (Å²) in [7, 11) is -9.93. The Kier molecular flexibility index (Phi) is 69.1. The summed E-state index contributed by atoms with van der Waals surface area (Å²) in [4.78, 5) is 73.0. The number of aliphatic hydroxyl groups is 1. The average Bonchev–Trinajstić information content (AvgIpc) is 0.940. The van der Waals surface area contributed by atoms with E-state index in [2.05, 4.69) is 72.8 Å². The third-order valence-electron chi connectivity index (χ3n) is 19.0. The molecule has 0 saturated heterocycles. The molecule has 0 aliphatic carbocycles. The van der Waals surface area contributed by atoms with Crippen LogP contribution in [0, 0.1) is 17.8 Å². The van der Waals surface area contributed by atoms with Crippen LogP contribution in [0.3, 0.4) is 0 Å². The summed E-state index contributed by atoms with van der Waals surface area (Å²) in [5.41, 5.74) is 0. The lowest BCUT2D eigenvalue weighted by molar-refractivity contribution is -0.161. The van der Waals surface area contributed by atoms with Crippen LogP contribution in [0.2, 0.25) is 0 Å². The Morgan fingerprint density at radius 3 is 0.890 bits per heavy atom. The Labute approximate surface area is 612 Å². The fourth-order valence-electron chi connectivity index (χ4n) is 11.9. The van der Waals surface area contributed by atoms with Gasteiger partial charge in [-0.15, -0.1) is 0 Å². The van der Waals surface area contributed by atoms with Gasteiger partial charge in [0.1, 0.15) is 19.3 Å². The molecule has 4 unspecified atom stereocenters. The van der Waals surface area contributed by atoms with Gasteiger partial charge in [0, 0.05) is 25.7 Å². The van der Waals surface area contributed by atoms with Crippen LogP contribution in [0.5, 0.6) is 0 Å². The predicted octanol–water partition coefficient (Wildman–Crippen LogP) is 23.7. The number of allylic oxidation sites excluding steroid dienone is 4. The van der Waals surface area contributed by atoms with Crippen molar-refractivity contribution in [1.82, 2.24) is 0 Å². The van der Waals surface area contributed by atoms with E-state index in [1.807, 2.05) is 0 Å². The van der Waals surface area contributed by atoms with Crippen molar-refractivity contribution in [2.45, 2.75) is 414 Å². The summed E-state index contributed by atoms with van der Waals surface area (Å²) in [5.74, 6) is 0.228. The van der Waals surface area contributed by atoms with Gasteiger partial charge in [-0.3, -0.25) is 37.3 Å².